The highest BCUT2D eigenvalue weighted by molar-refractivity contribution is 6.30. The van der Waals surface area contributed by atoms with Crippen molar-refractivity contribution in [1.82, 2.24) is 14.5 Å². The van der Waals surface area contributed by atoms with Crippen molar-refractivity contribution in [3.8, 4) is 5.75 Å². The number of likely N-dealkylation sites (tertiary alicyclic amines) is 1. The van der Waals surface area contributed by atoms with E-state index in [2.05, 4.69) is 21.6 Å². The van der Waals surface area contributed by atoms with Gasteiger partial charge in [0, 0.05) is 18.2 Å². The number of carboxylic acid groups (broad SMARTS) is 1. The lowest BCUT2D eigenvalue weighted by atomic mass is 9.97. The number of carboxylic acids is 1. The Morgan fingerprint density at radius 3 is 2.79 bits per heavy atom. The summed E-state index contributed by atoms with van der Waals surface area (Å²) in [6.07, 6.45) is 2.15. The minimum atomic E-state index is -0.945. The summed E-state index contributed by atoms with van der Waals surface area (Å²) >= 11 is 5.84. The molecule has 2 aliphatic heterocycles. The van der Waals surface area contributed by atoms with E-state index in [0.29, 0.717) is 24.0 Å². The second kappa shape index (κ2) is 11.0. The van der Waals surface area contributed by atoms with Gasteiger partial charge in [0.1, 0.15) is 12.4 Å². The van der Waals surface area contributed by atoms with Crippen LogP contribution in [0.1, 0.15) is 46.1 Å². The zero-order valence-electron chi connectivity index (χ0n) is 21.4. The molecular formula is C30H29ClFN3O4. The monoisotopic (exact) mass is 549 g/mol. The highest BCUT2D eigenvalue weighted by atomic mass is 35.5. The van der Waals surface area contributed by atoms with Crippen molar-refractivity contribution in [2.75, 3.05) is 19.7 Å². The molecule has 2 atom stereocenters. The Labute approximate surface area is 230 Å². The number of hydrogen-bond donors (Lipinski definition) is 1. The van der Waals surface area contributed by atoms with Crippen LogP contribution in [0.25, 0.3) is 11.0 Å². The standard InChI is InChI=1S/C30H29ClFN3O4/c31-23-5-7-28(25(32)14-23)39-18-19-2-1-3-20(12-19)22-8-10-34(15-22)17-29-33-26-6-4-21(30(36)37)13-27(26)35(29)16-24-9-11-38-24/h1-7,12-14,22,24H,8-11,15-18H2,(H,36,37)/t22-,24-/m0/s1. The van der Waals surface area contributed by atoms with Gasteiger partial charge in [-0.25, -0.2) is 14.2 Å². The average Bonchev–Trinajstić information content (AvgIpc) is 3.50. The molecule has 0 radical (unpaired) electrons. The van der Waals surface area contributed by atoms with Crippen LogP contribution < -0.4 is 4.74 Å². The molecule has 2 fully saturated rings. The zero-order valence-corrected chi connectivity index (χ0v) is 22.1. The van der Waals surface area contributed by atoms with Crippen molar-refractivity contribution >= 4 is 28.6 Å². The Bertz CT molecular complexity index is 1520. The summed E-state index contributed by atoms with van der Waals surface area (Å²) in [5.41, 5.74) is 4.11. The van der Waals surface area contributed by atoms with Crippen LogP contribution in [-0.2, 0) is 24.4 Å². The van der Waals surface area contributed by atoms with Crippen LogP contribution in [0, 0.1) is 5.82 Å². The number of fused-ring (bicyclic) bond motifs is 1. The van der Waals surface area contributed by atoms with Crippen molar-refractivity contribution in [3.63, 3.8) is 0 Å². The normalized spacial score (nSPS) is 19.3. The van der Waals surface area contributed by atoms with Crippen LogP contribution in [0.3, 0.4) is 0 Å². The summed E-state index contributed by atoms with van der Waals surface area (Å²) in [5.74, 6) is 0.0561. The van der Waals surface area contributed by atoms with Gasteiger partial charge in [0.05, 0.1) is 35.8 Å². The molecule has 4 aromatic rings. The van der Waals surface area contributed by atoms with E-state index in [1.54, 1.807) is 30.3 Å². The number of nitrogens with zero attached hydrogens (tertiary/aromatic N) is 3. The summed E-state index contributed by atoms with van der Waals surface area (Å²) in [4.78, 5) is 18.9. The number of ether oxygens (including phenoxy) is 2. The van der Waals surface area contributed by atoms with E-state index in [9.17, 15) is 14.3 Å². The van der Waals surface area contributed by atoms with Gasteiger partial charge in [-0.15, -0.1) is 0 Å². The van der Waals surface area contributed by atoms with Crippen LogP contribution in [-0.4, -0.2) is 51.3 Å². The molecule has 202 valence electrons. The first kappa shape index (κ1) is 25.8. The highest BCUT2D eigenvalue weighted by Gasteiger charge is 2.27. The molecule has 3 heterocycles. The topological polar surface area (TPSA) is 76.8 Å². The lowest BCUT2D eigenvalue weighted by Crippen LogP contribution is -2.32. The van der Waals surface area contributed by atoms with Gasteiger partial charge in [-0.2, -0.15) is 0 Å². The molecule has 0 saturated carbocycles. The van der Waals surface area contributed by atoms with E-state index < -0.39 is 11.8 Å². The van der Waals surface area contributed by atoms with Crippen molar-refractivity contribution in [3.05, 3.63) is 94.0 Å². The van der Waals surface area contributed by atoms with Gasteiger partial charge in [-0.05, 0) is 72.8 Å². The molecule has 1 aromatic heterocycles. The van der Waals surface area contributed by atoms with Crippen LogP contribution in [0.15, 0.2) is 60.7 Å². The Morgan fingerprint density at radius 2 is 2.03 bits per heavy atom. The van der Waals surface area contributed by atoms with E-state index in [0.717, 1.165) is 55.0 Å². The SMILES string of the molecule is O=C(O)c1ccc2nc(CN3CC[C@H](c4cccc(COc5ccc(Cl)cc5F)c4)C3)n(C[C@@H]3CCO3)c2c1. The first-order valence-corrected chi connectivity index (χ1v) is 13.5. The molecule has 39 heavy (non-hydrogen) atoms. The Balaban J connectivity index is 1.15. The van der Waals surface area contributed by atoms with Crippen molar-refractivity contribution in [2.24, 2.45) is 0 Å². The molecule has 0 spiro atoms. The minimum absolute atomic E-state index is 0.132. The van der Waals surface area contributed by atoms with Gasteiger partial charge < -0.3 is 19.1 Å². The fourth-order valence-electron chi connectivity index (χ4n) is 5.40. The molecule has 0 bridgehead atoms. The Morgan fingerprint density at radius 1 is 1.15 bits per heavy atom. The van der Waals surface area contributed by atoms with Gasteiger partial charge in [0.15, 0.2) is 11.6 Å². The molecule has 2 aliphatic rings. The Hall–Kier alpha value is -3.46. The predicted molar refractivity (Wildman–Crippen MR) is 146 cm³/mol. The molecule has 1 N–H and O–H groups in total. The molecule has 3 aromatic carbocycles. The highest BCUT2D eigenvalue weighted by Crippen LogP contribution is 2.30. The average molecular weight is 550 g/mol. The molecule has 0 unspecified atom stereocenters. The molecule has 0 aliphatic carbocycles. The second-order valence-corrected chi connectivity index (χ2v) is 10.7. The molecule has 2 saturated heterocycles. The maximum absolute atomic E-state index is 14.1. The summed E-state index contributed by atoms with van der Waals surface area (Å²) in [6, 6.07) is 17.8. The fourth-order valence-corrected chi connectivity index (χ4v) is 5.56. The van der Waals surface area contributed by atoms with Gasteiger partial charge in [0.2, 0.25) is 0 Å². The number of imidazole rings is 1. The van der Waals surface area contributed by atoms with Gasteiger partial charge in [-0.3, -0.25) is 4.90 Å². The number of carbonyl (C=O) groups is 1. The van der Waals surface area contributed by atoms with Crippen molar-refractivity contribution in [2.45, 2.75) is 44.6 Å². The van der Waals surface area contributed by atoms with Crippen LogP contribution in [0.2, 0.25) is 5.02 Å². The first-order chi connectivity index (χ1) is 18.9. The maximum Gasteiger partial charge on any atom is 0.335 e. The fraction of sp³-hybridized carbons (Fsp3) is 0.333. The maximum atomic E-state index is 14.1. The lowest BCUT2D eigenvalue weighted by Gasteiger charge is -2.28. The van der Waals surface area contributed by atoms with Gasteiger partial charge >= 0.3 is 5.97 Å². The number of hydrogen-bond acceptors (Lipinski definition) is 5. The minimum Gasteiger partial charge on any atom is -0.486 e. The summed E-state index contributed by atoms with van der Waals surface area (Å²) in [5, 5.41) is 9.83. The van der Waals surface area contributed by atoms with Crippen LogP contribution in [0.4, 0.5) is 4.39 Å². The van der Waals surface area contributed by atoms with E-state index in [1.807, 2.05) is 12.1 Å². The summed E-state index contributed by atoms with van der Waals surface area (Å²) in [6.45, 7) is 4.21. The summed E-state index contributed by atoms with van der Waals surface area (Å²) in [7, 11) is 0. The largest absolute Gasteiger partial charge is 0.486 e. The third-order valence-electron chi connectivity index (χ3n) is 7.60. The molecule has 0 amide bonds. The molecule has 6 rings (SSSR count). The number of aromatic carboxylic acids is 1. The van der Waals surface area contributed by atoms with E-state index in [4.69, 9.17) is 26.1 Å². The zero-order chi connectivity index (χ0) is 26.9. The smallest absolute Gasteiger partial charge is 0.335 e. The van der Waals surface area contributed by atoms with Crippen LogP contribution in [0.5, 0.6) is 5.75 Å². The quantitative estimate of drug-likeness (QED) is 0.281. The van der Waals surface area contributed by atoms with Crippen molar-refractivity contribution in [1.29, 1.82) is 0 Å². The third-order valence-corrected chi connectivity index (χ3v) is 7.84. The lowest BCUT2D eigenvalue weighted by molar-refractivity contribution is -0.0591. The second-order valence-electron chi connectivity index (χ2n) is 10.3. The summed E-state index contributed by atoms with van der Waals surface area (Å²) < 4.78 is 27.6. The molecular weight excluding hydrogens is 521 g/mol. The predicted octanol–water partition coefficient (Wildman–Crippen LogP) is 5.88. The number of benzene rings is 3. The van der Waals surface area contributed by atoms with Gasteiger partial charge in [-0.1, -0.05) is 35.9 Å². The first-order valence-electron chi connectivity index (χ1n) is 13.2. The number of rotatable bonds is 9. The molecule has 9 heteroatoms. The number of halogens is 2. The van der Waals surface area contributed by atoms with E-state index in [1.165, 1.54) is 11.6 Å². The van der Waals surface area contributed by atoms with Crippen LogP contribution >= 0.6 is 11.6 Å². The van der Waals surface area contributed by atoms with E-state index >= 15 is 0 Å². The molecule has 7 nitrogen and oxygen atoms in total. The van der Waals surface area contributed by atoms with Gasteiger partial charge in [0.25, 0.3) is 0 Å². The third kappa shape index (κ3) is 5.64. The number of aromatic nitrogens is 2. The Kier molecular flexibility index (Phi) is 7.25. The van der Waals surface area contributed by atoms with E-state index in [-0.39, 0.29) is 24.0 Å². The van der Waals surface area contributed by atoms with Crippen molar-refractivity contribution < 1.29 is 23.8 Å².